The van der Waals surface area contributed by atoms with Crippen LogP contribution >= 0.6 is 22.6 Å². The molecule has 1 aromatic rings. The van der Waals surface area contributed by atoms with Crippen LogP contribution in [0.4, 0.5) is 8.78 Å². The van der Waals surface area contributed by atoms with E-state index in [1.54, 1.807) is 22.6 Å². The van der Waals surface area contributed by atoms with E-state index >= 15 is 0 Å². The highest BCUT2D eigenvalue weighted by Crippen LogP contribution is 2.23. The van der Waals surface area contributed by atoms with Gasteiger partial charge in [0.1, 0.15) is 0 Å². The number of phenols is 1. The molecule has 0 spiro atoms. The monoisotopic (exact) mass is 316 g/mol. The molecule has 14 heavy (non-hydrogen) atoms. The zero-order valence-corrected chi connectivity index (χ0v) is 9.25. The van der Waals surface area contributed by atoms with Crippen molar-refractivity contribution in [1.82, 2.24) is 0 Å². The highest BCUT2D eigenvalue weighted by Gasteiger charge is 2.09. The number of hydrogen-bond acceptors (Lipinski definition) is 2. The average molecular weight is 316 g/mol. The third-order valence-corrected chi connectivity index (χ3v) is 1.85. The molecule has 0 bridgehead atoms. The molecule has 2 N–H and O–H groups in total. The third kappa shape index (κ3) is 4.35. The van der Waals surface area contributed by atoms with Crippen LogP contribution in [0.1, 0.15) is 6.92 Å². The minimum Gasteiger partial charge on any atom is -0.503 e. The first kappa shape index (κ1) is 13.1. The molecule has 0 atom stereocenters. The van der Waals surface area contributed by atoms with Gasteiger partial charge < -0.3 is 10.2 Å². The Bertz CT molecular complexity index is 311. The van der Waals surface area contributed by atoms with E-state index in [1.165, 1.54) is 6.07 Å². The first-order valence-corrected chi connectivity index (χ1v) is 4.46. The number of aromatic hydroxyl groups is 1. The van der Waals surface area contributed by atoms with Crippen LogP contribution in [0.15, 0.2) is 12.1 Å². The number of carbonyl (C=O) groups is 1. The minimum atomic E-state index is -0.932. The molecule has 3 nitrogen and oxygen atoms in total. The van der Waals surface area contributed by atoms with Gasteiger partial charge in [0.05, 0.1) is 3.57 Å². The van der Waals surface area contributed by atoms with Crippen LogP contribution in [0.3, 0.4) is 0 Å². The summed E-state index contributed by atoms with van der Waals surface area (Å²) in [7, 11) is 0. The molecule has 0 aromatic heterocycles. The van der Waals surface area contributed by atoms with Crippen molar-refractivity contribution < 1.29 is 23.8 Å². The molecule has 0 saturated heterocycles. The minimum absolute atomic E-state index is 0.205. The van der Waals surface area contributed by atoms with E-state index in [2.05, 4.69) is 0 Å². The molecular weight excluding hydrogens is 309 g/mol. The molecule has 0 fully saturated rings. The van der Waals surface area contributed by atoms with Gasteiger partial charge in [-0.3, -0.25) is 4.79 Å². The van der Waals surface area contributed by atoms with E-state index in [4.69, 9.17) is 15.0 Å². The van der Waals surface area contributed by atoms with E-state index in [1.807, 2.05) is 0 Å². The van der Waals surface area contributed by atoms with Crippen molar-refractivity contribution in [2.24, 2.45) is 0 Å². The Morgan fingerprint density at radius 2 is 1.86 bits per heavy atom. The van der Waals surface area contributed by atoms with Gasteiger partial charge in [-0.05, 0) is 34.7 Å². The summed E-state index contributed by atoms with van der Waals surface area (Å²) in [4.78, 5) is 9.00. The van der Waals surface area contributed by atoms with Crippen LogP contribution in [0, 0.1) is 15.2 Å². The van der Waals surface area contributed by atoms with Crippen molar-refractivity contribution in [2.45, 2.75) is 6.92 Å². The number of halogens is 3. The Labute approximate surface area is 92.5 Å². The van der Waals surface area contributed by atoms with Crippen molar-refractivity contribution in [1.29, 1.82) is 0 Å². The van der Waals surface area contributed by atoms with E-state index in [0.717, 1.165) is 13.0 Å². The number of phenolic OH excluding ortho intramolecular Hbond substituents is 1. The van der Waals surface area contributed by atoms with Gasteiger partial charge in [0.15, 0.2) is 17.4 Å². The molecule has 0 saturated carbocycles. The highest BCUT2D eigenvalue weighted by atomic mass is 127. The maximum Gasteiger partial charge on any atom is 0.300 e. The maximum atomic E-state index is 12.5. The predicted octanol–water partition coefficient (Wildman–Crippen LogP) is 2.37. The Hall–Kier alpha value is -0.920. The fraction of sp³-hybridized carbons (Fsp3) is 0.125. The zero-order valence-electron chi connectivity index (χ0n) is 7.09. The van der Waals surface area contributed by atoms with Crippen LogP contribution in [0.25, 0.3) is 0 Å². The molecule has 0 heterocycles. The SMILES string of the molecule is CC(=O)O.Oc1c(F)ccc(I)c1F. The van der Waals surface area contributed by atoms with Crippen molar-refractivity contribution in [2.75, 3.05) is 0 Å². The quantitative estimate of drug-likeness (QED) is 0.571. The van der Waals surface area contributed by atoms with Crippen LogP contribution in [0.5, 0.6) is 5.75 Å². The molecule has 0 aliphatic rings. The van der Waals surface area contributed by atoms with E-state index in [-0.39, 0.29) is 3.57 Å². The summed E-state index contributed by atoms with van der Waals surface area (Å²) in [6, 6.07) is 2.27. The van der Waals surface area contributed by atoms with E-state index in [9.17, 15) is 8.78 Å². The van der Waals surface area contributed by atoms with Gasteiger partial charge in [0.25, 0.3) is 5.97 Å². The maximum absolute atomic E-state index is 12.5. The average Bonchev–Trinajstić information content (AvgIpc) is 2.07. The van der Waals surface area contributed by atoms with Gasteiger partial charge in [-0.25, -0.2) is 8.78 Å². The molecule has 78 valence electrons. The smallest absolute Gasteiger partial charge is 0.300 e. The second-order valence-electron chi connectivity index (χ2n) is 2.21. The van der Waals surface area contributed by atoms with Gasteiger partial charge >= 0.3 is 0 Å². The topological polar surface area (TPSA) is 57.5 Å². The van der Waals surface area contributed by atoms with Gasteiger partial charge in [-0.15, -0.1) is 0 Å². The summed E-state index contributed by atoms with van der Waals surface area (Å²) >= 11 is 1.66. The highest BCUT2D eigenvalue weighted by molar-refractivity contribution is 14.1. The summed E-state index contributed by atoms with van der Waals surface area (Å²) in [6.45, 7) is 1.08. The normalized spacial score (nSPS) is 8.86. The first-order valence-electron chi connectivity index (χ1n) is 3.38. The number of rotatable bonds is 0. The lowest BCUT2D eigenvalue weighted by atomic mass is 10.3. The third-order valence-electron chi connectivity index (χ3n) is 1.02. The standard InChI is InChI=1S/C6H3F2IO.C2H4O2/c7-3-1-2-4(9)5(8)6(3)10;1-2(3)4/h1-2,10H;1H3,(H,3,4). The summed E-state index contributed by atoms with van der Waals surface area (Å²) in [5.74, 6) is -3.58. The molecule has 0 unspecified atom stereocenters. The van der Waals surface area contributed by atoms with Gasteiger partial charge in [-0.1, -0.05) is 0 Å². The Balaban J connectivity index is 0.000000364. The molecule has 6 heteroatoms. The fourth-order valence-electron chi connectivity index (χ4n) is 0.516. The van der Waals surface area contributed by atoms with Crippen molar-refractivity contribution in [3.8, 4) is 5.75 Å². The van der Waals surface area contributed by atoms with Crippen molar-refractivity contribution >= 4 is 28.6 Å². The van der Waals surface area contributed by atoms with Gasteiger partial charge in [0, 0.05) is 6.92 Å². The van der Waals surface area contributed by atoms with Crippen LogP contribution in [0.2, 0.25) is 0 Å². The number of aliphatic carboxylic acids is 1. The van der Waals surface area contributed by atoms with Gasteiger partial charge in [-0.2, -0.15) is 0 Å². The Morgan fingerprint density at radius 1 is 1.43 bits per heavy atom. The largest absolute Gasteiger partial charge is 0.503 e. The molecule has 0 aliphatic heterocycles. The summed E-state index contributed by atoms with van der Waals surface area (Å²) < 4.78 is 25.0. The lowest BCUT2D eigenvalue weighted by molar-refractivity contribution is -0.134. The predicted molar refractivity (Wildman–Crippen MR) is 54.0 cm³/mol. The second kappa shape index (κ2) is 5.74. The summed E-state index contributed by atoms with van der Waals surface area (Å²) in [6.07, 6.45) is 0. The van der Waals surface area contributed by atoms with Crippen LogP contribution < -0.4 is 0 Å². The second-order valence-corrected chi connectivity index (χ2v) is 3.37. The molecule has 1 rings (SSSR count). The zero-order chi connectivity index (χ0) is 11.3. The Morgan fingerprint density at radius 3 is 2.21 bits per heavy atom. The molecule has 0 aliphatic carbocycles. The van der Waals surface area contributed by atoms with E-state index < -0.39 is 23.4 Å². The molecular formula is C8H7F2IO3. The van der Waals surface area contributed by atoms with Gasteiger partial charge in [0.2, 0.25) is 0 Å². The Kier molecular flexibility index (Phi) is 5.36. The van der Waals surface area contributed by atoms with E-state index in [0.29, 0.717) is 0 Å². The van der Waals surface area contributed by atoms with Crippen molar-refractivity contribution in [3.05, 3.63) is 27.3 Å². The van der Waals surface area contributed by atoms with Crippen LogP contribution in [-0.4, -0.2) is 16.2 Å². The summed E-state index contributed by atoms with van der Waals surface area (Å²) in [5, 5.41) is 16.0. The number of hydrogen-bond donors (Lipinski definition) is 2. The van der Waals surface area contributed by atoms with Crippen molar-refractivity contribution in [3.63, 3.8) is 0 Å². The number of benzene rings is 1. The molecule has 0 radical (unpaired) electrons. The first-order chi connectivity index (χ1) is 6.36. The molecule has 1 aromatic carbocycles. The lowest BCUT2D eigenvalue weighted by Gasteiger charge is -1.97. The fourth-order valence-corrected chi connectivity index (χ4v) is 0.952. The number of carboxylic acids is 1. The number of carboxylic acid groups (broad SMARTS) is 1. The summed E-state index contributed by atoms with van der Waals surface area (Å²) in [5.41, 5.74) is 0. The van der Waals surface area contributed by atoms with Crippen LogP contribution in [-0.2, 0) is 4.79 Å². The lowest BCUT2D eigenvalue weighted by Crippen LogP contribution is -1.85. The molecule has 0 amide bonds.